The number of amides is 1. The molecule has 0 aliphatic heterocycles. The third-order valence-electron chi connectivity index (χ3n) is 3.57. The van der Waals surface area contributed by atoms with Crippen LogP contribution in [-0.4, -0.2) is 15.7 Å². The molecule has 0 unspecified atom stereocenters. The van der Waals surface area contributed by atoms with Gasteiger partial charge >= 0.3 is 6.18 Å². The zero-order valence-corrected chi connectivity index (χ0v) is 13.2. The van der Waals surface area contributed by atoms with E-state index < -0.39 is 17.6 Å². The van der Waals surface area contributed by atoms with Crippen molar-refractivity contribution in [2.45, 2.75) is 13.1 Å². The van der Waals surface area contributed by atoms with Gasteiger partial charge in [-0.3, -0.25) is 4.79 Å². The number of carbonyl (C=O) groups is 1. The molecule has 0 spiro atoms. The lowest BCUT2D eigenvalue weighted by atomic mass is 10.2. The van der Waals surface area contributed by atoms with Gasteiger partial charge in [0.15, 0.2) is 5.69 Å². The Morgan fingerprint density at radius 3 is 2.44 bits per heavy atom. The summed E-state index contributed by atoms with van der Waals surface area (Å²) >= 11 is 0. The summed E-state index contributed by atoms with van der Waals surface area (Å²) in [6.45, 7) is 1.67. The minimum absolute atomic E-state index is 0.124. The van der Waals surface area contributed by atoms with Gasteiger partial charge in [-0.25, -0.2) is 4.68 Å². The predicted octanol–water partition coefficient (Wildman–Crippen LogP) is 4.45. The number of nitrogens with one attached hydrogen (secondary N) is 1. The van der Waals surface area contributed by atoms with Crippen molar-refractivity contribution in [3.05, 3.63) is 77.6 Å². The average Bonchev–Trinajstić information content (AvgIpc) is 2.97. The number of anilines is 1. The van der Waals surface area contributed by atoms with Crippen molar-refractivity contribution in [3.63, 3.8) is 0 Å². The highest BCUT2D eigenvalue weighted by molar-refractivity contribution is 6.02. The lowest BCUT2D eigenvalue weighted by Crippen LogP contribution is -2.13. The van der Waals surface area contributed by atoms with E-state index in [1.807, 2.05) is 6.07 Å². The zero-order valence-electron chi connectivity index (χ0n) is 13.2. The highest BCUT2D eigenvalue weighted by Gasteiger charge is 2.30. The summed E-state index contributed by atoms with van der Waals surface area (Å²) in [5.41, 5.74) is 0.761. The molecule has 0 aliphatic rings. The van der Waals surface area contributed by atoms with E-state index in [-0.39, 0.29) is 11.4 Å². The zero-order chi connectivity index (χ0) is 18.0. The molecule has 1 amide bonds. The molecule has 0 radical (unpaired) electrons. The number of hydrogen-bond donors (Lipinski definition) is 1. The Kier molecular flexibility index (Phi) is 4.31. The van der Waals surface area contributed by atoms with E-state index in [9.17, 15) is 18.0 Å². The van der Waals surface area contributed by atoms with E-state index in [1.165, 1.54) is 22.9 Å². The molecule has 1 N–H and O–H groups in total. The van der Waals surface area contributed by atoms with Crippen LogP contribution in [0.5, 0.6) is 0 Å². The van der Waals surface area contributed by atoms with Gasteiger partial charge in [-0.1, -0.05) is 24.3 Å². The van der Waals surface area contributed by atoms with Crippen molar-refractivity contribution in [1.29, 1.82) is 0 Å². The number of benzene rings is 2. The quantitative estimate of drug-likeness (QED) is 0.762. The molecule has 0 fully saturated rings. The van der Waals surface area contributed by atoms with Crippen molar-refractivity contribution in [3.8, 4) is 5.69 Å². The molecule has 0 saturated carbocycles. The Bertz CT molecular complexity index is 901. The van der Waals surface area contributed by atoms with E-state index in [0.29, 0.717) is 11.4 Å². The molecule has 25 heavy (non-hydrogen) atoms. The van der Waals surface area contributed by atoms with Crippen LogP contribution in [0.2, 0.25) is 0 Å². The van der Waals surface area contributed by atoms with E-state index in [2.05, 4.69) is 10.4 Å². The van der Waals surface area contributed by atoms with E-state index in [0.717, 1.165) is 12.1 Å². The van der Waals surface area contributed by atoms with Crippen LogP contribution >= 0.6 is 0 Å². The average molecular weight is 345 g/mol. The van der Waals surface area contributed by atoms with Crippen LogP contribution in [0.15, 0.2) is 60.7 Å². The molecule has 4 nitrogen and oxygen atoms in total. The molecule has 2 aromatic carbocycles. The van der Waals surface area contributed by atoms with Gasteiger partial charge < -0.3 is 5.32 Å². The van der Waals surface area contributed by atoms with Crippen molar-refractivity contribution in [1.82, 2.24) is 9.78 Å². The molecule has 3 rings (SSSR count). The van der Waals surface area contributed by atoms with Crippen molar-refractivity contribution < 1.29 is 18.0 Å². The Morgan fingerprint density at radius 1 is 1.04 bits per heavy atom. The normalized spacial score (nSPS) is 11.4. The van der Waals surface area contributed by atoms with Gasteiger partial charge in [0.1, 0.15) is 0 Å². The number of para-hydroxylation sites is 1. The smallest absolute Gasteiger partial charge is 0.321 e. The van der Waals surface area contributed by atoms with E-state index >= 15 is 0 Å². The van der Waals surface area contributed by atoms with E-state index in [1.54, 1.807) is 31.2 Å². The highest BCUT2D eigenvalue weighted by Crippen LogP contribution is 2.30. The molecule has 0 aliphatic carbocycles. The van der Waals surface area contributed by atoms with Crippen molar-refractivity contribution in [2.24, 2.45) is 0 Å². The second-order valence-corrected chi connectivity index (χ2v) is 5.45. The molecule has 128 valence electrons. The Balaban J connectivity index is 1.89. The summed E-state index contributed by atoms with van der Waals surface area (Å²) < 4.78 is 39.9. The number of halogens is 3. The third-order valence-corrected chi connectivity index (χ3v) is 3.57. The second-order valence-electron chi connectivity index (χ2n) is 5.45. The van der Waals surface area contributed by atoms with Crippen LogP contribution in [0.3, 0.4) is 0 Å². The van der Waals surface area contributed by atoms with Gasteiger partial charge in [0.05, 0.1) is 11.3 Å². The number of carbonyl (C=O) groups excluding carboxylic acids is 1. The summed E-state index contributed by atoms with van der Waals surface area (Å²) in [6.07, 6.45) is -4.44. The first kappa shape index (κ1) is 16.8. The van der Waals surface area contributed by atoms with Crippen LogP contribution in [0.1, 0.15) is 21.7 Å². The molecule has 1 aromatic heterocycles. The summed E-state index contributed by atoms with van der Waals surface area (Å²) in [5.74, 6) is -0.431. The molecule has 3 aromatic rings. The number of aryl methyl sites for hydroxylation is 1. The Morgan fingerprint density at radius 2 is 1.76 bits per heavy atom. The van der Waals surface area contributed by atoms with Crippen LogP contribution in [0, 0.1) is 6.92 Å². The maximum absolute atomic E-state index is 12.9. The van der Waals surface area contributed by atoms with E-state index in [4.69, 9.17) is 0 Å². The molecule has 0 saturated heterocycles. The SMILES string of the molecule is Cc1cc(C(=O)Nc2ccccc2)nn1-c1cccc(C(F)(F)F)c1. The van der Waals surface area contributed by atoms with Crippen LogP contribution in [0.25, 0.3) is 5.69 Å². The van der Waals surface area contributed by atoms with Gasteiger partial charge in [0.2, 0.25) is 0 Å². The maximum atomic E-state index is 12.9. The fourth-order valence-corrected chi connectivity index (χ4v) is 2.38. The van der Waals surface area contributed by atoms with Gasteiger partial charge in [-0.15, -0.1) is 0 Å². The van der Waals surface area contributed by atoms with Crippen molar-refractivity contribution in [2.75, 3.05) is 5.32 Å². The lowest BCUT2D eigenvalue weighted by Gasteiger charge is -2.09. The first-order valence-corrected chi connectivity index (χ1v) is 7.45. The minimum Gasteiger partial charge on any atom is -0.321 e. The van der Waals surface area contributed by atoms with Crippen LogP contribution < -0.4 is 5.32 Å². The van der Waals surface area contributed by atoms with Crippen LogP contribution in [-0.2, 0) is 6.18 Å². The van der Waals surface area contributed by atoms with Gasteiger partial charge in [0.25, 0.3) is 5.91 Å². The highest BCUT2D eigenvalue weighted by atomic mass is 19.4. The second kappa shape index (κ2) is 6.43. The standard InChI is InChI=1S/C18H14F3N3O/c1-12-10-16(17(25)22-14-7-3-2-4-8-14)23-24(12)15-9-5-6-13(11-15)18(19,20)21/h2-11H,1H3,(H,22,25). The Hall–Kier alpha value is -3.09. The third kappa shape index (κ3) is 3.71. The first-order chi connectivity index (χ1) is 11.8. The number of aromatic nitrogens is 2. The van der Waals surface area contributed by atoms with Gasteiger partial charge in [-0.05, 0) is 43.3 Å². The van der Waals surface area contributed by atoms with Crippen molar-refractivity contribution >= 4 is 11.6 Å². The van der Waals surface area contributed by atoms with Gasteiger partial charge in [-0.2, -0.15) is 18.3 Å². The summed E-state index contributed by atoms with van der Waals surface area (Å²) in [5, 5.41) is 6.83. The fourth-order valence-electron chi connectivity index (χ4n) is 2.38. The van der Waals surface area contributed by atoms with Gasteiger partial charge in [0, 0.05) is 11.4 Å². The fraction of sp³-hybridized carbons (Fsp3) is 0.111. The monoisotopic (exact) mass is 345 g/mol. The summed E-state index contributed by atoms with van der Waals surface area (Å²) in [7, 11) is 0. The summed E-state index contributed by atoms with van der Waals surface area (Å²) in [6, 6.07) is 15.2. The predicted molar refractivity (Wildman–Crippen MR) is 87.7 cm³/mol. The topological polar surface area (TPSA) is 46.9 Å². The Labute approximate surface area is 141 Å². The number of nitrogens with zero attached hydrogens (tertiary/aromatic N) is 2. The molecule has 0 bridgehead atoms. The molecular weight excluding hydrogens is 331 g/mol. The molecule has 0 atom stereocenters. The molecular formula is C18H14F3N3O. The molecule has 1 heterocycles. The number of hydrogen-bond acceptors (Lipinski definition) is 2. The summed E-state index contributed by atoms with van der Waals surface area (Å²) in [4.78, 5) is 12.3. The number of alkyl halides is 3. The van der Waals surface area contributed by atoms with Crippen LogP contribution in [0.4, 0.5) is 18.9 Å². The minimum atomic E-state index is -4.44. The lowest BCUT2D eigenvalue weighted by molar-refractivity contribution is -0.137. The maximum Gasteiger partial charge on any atom is 0.416 e. The largest absolute Gasteiger partial charge is 0.416 e. The molecule has 7 heteroatoms. The number of rotatable bonds is 3. The first-order valence-electron chi connectivity index (χ1n) is 7.45.